The molecule has 0 spiro atoms. The lowest BCUT2D eigenvalue weighted by Gasteiger charge is -2.22. The van der Waals surface area contributed by atoms with Crippen molar-refractivity contribution in [2.45, 2.75) is 38.5 Å². The zero-order valence-corrected chi connectivity index (χ0v) is 11.0. The Balaban J connectivity index is 2.28. The van der Waals surface area contributed by atoms with Crippen molar-refractivity contribution in [3.8, 4) is 0 Å². The fraction of sp³-hybridized carbons (Fsp3) is 0.538. The summed E-state index contributed by atoms with van der Waals surface area (Å²) < 4.78 is 1.80. The van der Waals surface area contributed by atoms with Crippen LogP contribution in [0.15, 0.2) is 18.3 Å². The topological polar surface area (TPSA) is 82.8 Å². The first-order valence-electron chi connectivity index (χ1n) is 6.30. The van der Waals surface area contributed by atoms with Gasteiger partial charge in [0.05, 0.1) is 6.10 Å². The van der Waals surface area contributed by atoms with Gasteiger partial charge >= 0.3 is 5.97 Å². The molecule has 2 heterocycles. The molecule has 1 fully saturated rings. The molecule has 2 atom stereocenters. The van der Waals surface area contributed by atoms with Gasteiger partial charge in [-0.25, -0.2) is 4.79 Å². The summed E-state index contributed by atoms with van der Waals surface area (Å²) in [5.41, 5.74) is 0.454. The number of nitrogens with zero attached hydrogens (tertiary/aromatic N) is 2. The Kier molecular flexibility index (Phi) is 3.61. The van der Waals surface area contributed by atoms with E-state index >= 15 is 0 Å². The molecule has 104 valence electrons. The number of aliphatic hydroxyl groups excluding tert-OH is 1. The monoisotopic (exact) mass is 266 g/mol. The van der Waals surface area contributed by atoms with Crippen LogP contribution in [0.1, 0.15) is 36.8 Å². The first kappa shape index (κ1) is 13.6. The minimum atomic E-state index is -1.08. The van der Waals surface area contributed by atoms with Gasteiger partial charge < -0.3 is 19.7 Å². The van der Waals surface area contributed by atoms with Gasteiger partial charge in [0.15, 0.2) is 0 Å². The SMILES string of the molecule is CC(C)n1cccc1C(=O)N1C[C@H](O)C[C@H]1C(=O)O. The van der Waals surface area contributed by atoms with Gasteiger partial charge in [0.2, 0.25) is 0 Å². The van der Waals surface area contributed by atoms with Crippen LogP contribution in [0.3, 0.4) is 0 Å². The van der Waals surface area contributed by atoms with E-state index in [0.29, 0.717) is 5.69 Å². The van der Waals surface area contributed by atoms with Crippen molar-refractivity contribution < 1.29 is 19.8 Å². The predicted molar refractivity (Wildman–Crippen MR) is 67.9 cm³/mol. The second-order valence-corrected chi connectivity index (χ2v) is 5.10. The maximum atomic E-state index is 12.4. The summed E-state index contributed by atoms with van der Waals surface area (Å²) >= 11 is 0. The quantitative estimate of drug-likeness (QED) is 0.845. The van der Waals surface area contributed by atoms with E-state index < -0.39 is 18.1 Å². The Bertz CT molecular complexity index is 495. The molecule has 0 unspecified atom stereocenters. The van der Waals surface area contributed by atoms with E-state index in [0.717, 1.165) is 0 Å². The number of likely N-dealkylation sites (tertiary alicyclic amines) is 1. The highest BCUT2D eigenvalue weighted by Crippen LogP contribution is 2.22. The number of carboxylic acids is 1. The van der Waals surface area contributed by atoms with Crippen LogP contribution in [0.25, 0.3) is 0 Å². The van der Waals surface area contributed by atoms with E-state index in [9.17, 15) is 14.7 Å². The van der Waals surface area contributed by atoms with E-state index in [1.807, 2.05) is 13.8 Å². The summed E-state index contributed by atoms with van der Waals surface area (Å²) in [6.45, 7) is 3.97. The van der Waals surface area contributed by atoms with E-state index in [4.69, 9.17) is 5.11 Å². The van der Waals surface area contributed by atoms with Gasteiger partial charge in [-0.15, -0.1) is 0 Å². The Labute approximate surface area is 111 Å². The number of amides is 1. The molecule has 0 bridgehead atoms. The zero-order chi connectivity index (χ0) is 14.2. The molecular weight excluding hydrogens is 248 g/mol. The second-order valence-electron chi connectivity index (χ2n) is 5.10. The molecule has 1 aliphatic rings. The summed E-state index contributed by atoms with van der Waals surface area (Å²) in [5, 5.41) is 18.7. The minimum Gasteiger partial charge on any atom is -0.480 e. The first-order chi connectivity index (χ1) is 8.91. The zero-order valence-electron chi connectivity index (χ0n) is 11.0. The molecule has 1 saturated heterocycles. The van der Waals surface area contributed by atoms with E-state index in [1.165, 1.54) is 4.90 Å². The number of carboxylic acid groups (broad SMARTS) is 1. The van der Waals surface area contributed by atoms with Gasteiger partial charge in [0.25, 0.3) is 5.91 Å². The van der Waals surface area contributed by atoms with E-state index in [1.54, 1.807) is 22.9 Å². The van der Waals surface area contributed by atoms with Gasteiger partial charge in [-0.1, -0.05) is 0 Å². The maximum Gasteiger partial charge on any atom is 0.326 e. The van der Waals surface area contributed by atoms with Gasteiger partial charge in [0, 0.05) is 25.2 Å². The number of carbonyl (C=O) groups is 2. The molecule has 1 aliphatic heterocycles. The normalized spacial score (nSPS) is 23.1. The van der Waals surface area contributed by atoms with Crippen LogP contribution in [0.5, 0.6) is 0 Å². The molecule has 2 N–H and O–H groups in total. The number of aromatic nitrogens is 1. The standard InChI is InChI=1S/C13H18N2O4/c1-8(2)14-5-3-4-10(14)12(17)15-7-9(16)6-11(15)13(18)19/h3-5,8-9,11,16H,6-7H2,1-2H3,(H,18,19)/t9-,11+/m1/s1. The Morgan fingerprint density at radius 2 is 2.11 bits per heavy atom. The Hall–Kier alpha value is -1.82. The van der Waals surface area contributed by atoms with Crippen molar-refractivity contribution in [1.82, 2.24) is 9.47 Å². The third kappa shape index (κ3) is 2.49. The highest BCUT2D eigenvalue weighted by Gasteiger charge is 2.39. The van der Waals surface area contributed by atoms with Crippen LogP contribution in [-0.4, -0.2) is 50.2 Å². The number of aliphatic hydroxyl groups is 1. The Morgan fingerprint density at radius 1 is 1.42 bits per heavy atom. The molecule has 0 saturated carbocycles. The highest BCUT2D eigenvalue weighted by molar-refractivity contribution is 5.95. The average molecular weight is 266 g/mol. The van der Waals surface area contributed by atoms with Gasteiger partial charge in [-0.05, 0) is 26.0 Å². The van der Waals surface area contributed by atoms with Crippen LogP contribution in [-0.2, 0) is 4.79 Å². The second kappa shape index (κ2) is 5.05. The smallest absolute Gasteiger partial charge is 0.326 e. The number of carbonyl (C=O) groups excluding carboxylic acids is 1. The lowest BCUT2D eigenvalue weighted by molar-refractivity contribution is -0.141. The largest absolute Gasteiger partial charge is 0.480 e. The third-order valence-corrected chi connectivity index (χ3v) is 3.38. The third-order valence-electron chi connectivity index (χ3n) is 3.38. The summed E-state index contributed by atoms with van der Waals surface area (Å²) in [6.07, 6.45) is 1.11. The van der Waals surface area contributed by atoms with Crippen molar-refractivity contribution in [2.75, 3.05) is 6.54 Å². The summed E-state index contributed by atoms with van der Waals surface area (Å²) in [7, 11) is 0. The summed E-state index contributed by atoms with van der Waals surface area (Å²) in [4.78, 5) is 24.8. The van der Waals surface area contributed by atoms with Crippen LogP contribution < -0.4 is 0 Å². The summed E-state index contributed by atoms with van der Waals surface area (Å²) in [5.74, 6) is -1.42. The van der Waals surface area contributed by atoms with Crippen LogP contribution in [0.4, 0.5) is 0 Å². The fourth-order valence-electron chi connectivity index (χ4n) is 2.44. The number of rotatable bonds is 3. The van der Waals surface area contributed by atoms with Crippen molar-refractivity contribution in [1.29, 1.82) is 0 Å². The van der Waals surface area contributed by atoms with Crippen molar-refractivity contribution in [3.63, 3.8) is 0 Å². The van der Waals surface area contributed by atoms with Crippen molar-refractivity contribution in [3.05, 3.63) is 24.0 Å². The molecule has 6 heteroatoms. The molecular formula is C13H18N2O4. The van der Waals surface area contributed by atoms with Crippen molar-refractivity contribution >= 4 is 11.9 Å². The van der Waals surface area contributed by atoms with Crippen molar-refractivity contribution in [2.24, 2.45) is 0 Å². The molecule has 1 aromatic heterocycles. The highest BCUT2D eigenvalue weighted by atomic mass is 16.4. The number of hydrogen-bond donors (Lipinski definition) is 2. The van der Waals surface area contributed by atoms with Gasteiger partial charge in [0.1, 0.15) is 11.7 Å². The molecule has 0 aromatic carbocycles. The molecule has 6 nitrogen and oxygen atoms in total. The molecule has 2 rings (SSSR count). The number of hydrogen-bond acceptors (Lipinski definition) is 3. The molecule has 0 aliphatic carbocycles. The minimum absolute atomic E-state index is 0.0685. The van der Waals surface area contributed by atoms with Crippen LogP contribution in [0, 0.1) is 0 Å². The van der Waals surface area contributed by atoms with Crippen LogP contribution >= 0.6 is 0 Å². The van der Waals surface area contributed by atoms with E-state index in [2.05, 4.69) is 0 Å². The number of β-amino-alcohol motifs (C(OH)–C–C–N with tert-alkyl or cyclic N) is 1. The molecule has 0 radical (unpaired) electrons. The average Bonchev–Trinajstić information content (AvgIpc) is 2.93. The fourth-order valence-corrected chi connectivity index (χ4v) is 2.44. The summed E-state index contributed by atoms with van der Waals surface area (Å²) in [6, 6.07) is 2.60. The lowest BCUT2D eigenvalue weighted by Crippen LogP contribution is -2.41. The maximum absolute atomic E-state index is 12.4. The van der Waals surface area contributed by atoms with Gasteiger partial charge in [-0.3, -0.25) is 4.79 Å². The molecule has 1 aromatic rings. The first-order valence-corrected chi connectivity index (χ1v) is 6.30. The number of aliphatic carboxylic acids is 1. The Morgan fingerprint density at radius 3 is 2.68 bits per heavy atom. The van der Waals surface area contributed by atoms with Crippen LogP contribution in [0.2, 0.25) is 0 Å². The van der Waals surface area contributed by atoms with Gasteiger partial charge in [-0.2, -0.15) is 0 Å². The van der Waals surface area contributed by atoms with E-state index in [-0.39, 0.29) is 24.9 Å². The predicted octanol–water partition coefficient (Wildman–Crippen LogP) is 0.729. The molecule has 19 heavy (non-hydrogen) atoms. The molecule has 1 amide bonds. The lowest BCUT2D eigenvalue weighted by atomic mass is 10.2.